The van der Waals surface area contributed by atoms with E-state index in [0.717, 1.165) is 16.7 Å². The lowest BCUT2D eigenvalue weighted by Crippen LogP contribution is -2.41. The van der Waals surface area contributed by atoms with E-state index in [4.69, 9.17) is 14.6 Å². The van der Waals surface area contributed by atoms with Crippen molar-refractivity contribution in [3.63, 3.8) is 0 Å². The first-order valence-corrected chi connectivity index (χ1v) is 13.3. The molecule has 3 aromatic rings. The molecule has 0 spiro atoms. The second kappa shape index (κ2) is 12.1. The van der Waals surface area contributed by atoms with Crippen LogP contribution in [0.15, 0.2) is 78.9 Å². The van der Waals surface area contributed by atoms with Crippen molar-refractivity contribution in [2.75, 3.05) is 19.7 Å². The number of carboxylic acids is 1. The lowest BCUT2D eigenvalue weighted by molar-refractivity contribution is -0.145. The minimum absolute atomic E-state index is 0.0192. The molecule has 1 fully saturated rings. The SMILES string of the molecule is O=C(O)CCN(Cc1ccccc1)C(=O)C1CCC(CNC(=O)OCC2c3ccccc3-c3ccccc32)O1. The molecular formula is C31H32N2O6. The number of amides is 2. The fourth-order valence-corrected chi connectivity index (χ4v) is 5.39. The van der Waals surface area contributed by atoms with E-state index < -0.39 is 18.2 Å². The molecule has 0 bridgehead atoms. The van der Waals surface area contributed by atoms with Crippen LogP contribution in [0.5, 0.6) is 0 Å². The van der Waals surface area contributed by atoms with Crippen molar-refractivity contribution in [3.05, 3.63) is 95.6 Å². The third-order valence-electron chi connectivity index (χ3n) is 7.32. The predicted octanol–water partition coefficient (Wildman–Crippen LogP) is 4.58. The fraction of sp³-hybridized carbons (Fsp3) is 0.323. The van der Waals surface area contributed by atoms with Crippen molar-refractivity contribution in [2.24, 2.45) is 0 Å². The van der Waals surface area contributed by atoms with E-state index in [1.165, 1.54) is 16.0 Å². The Kier molecular flexibility index (Phi) is 8.22. The van der Waals surface area contributed by atoms with Gasteiger partial charge in [-0.1, -0.05) is 78.9 Å². The predicted molar refractivity (Wildman–Crippen MR) is 145 cm³/mol. The Labute approximate surface area is 227 Å². The zero-order chi connectivity index (χ0) is 27.2. The maximum absolute atomic E-state index is 13.2. The van der Waals surface area contributed by atoms with Crippen LogP contribution in [0.3, 0.4) is 0 Å². The van der Waals surface area contributed by atoms with E-state index in [1.54, 1.807) is 0 Å². The van der Waals surface area contributed by atoms with E-state index in [-0.39, 0.29) is 44.0 Å². The van der Waals surface area contributed by atoms with Gasteiger partial charge in [-0.15, -0.1) is 0 Å². The second-order valence-electron chi connectivity index (χ2n) is 9.92. The summed E-state index contributed by atoms with van der Waals surface area (Å²) in [5, 5.41) is 11.9. The number of nitrogens with zero attached hydrogens (tertiary/aromatic N) is 1. The lowest BCUT2D eigenvalue weighted by Gasteiger charge is -2.25. The van der Waals surface area contributed by atoms with Gasteiger partial charge < -0.3 is 24.8 Å². The Morgan fingerprint density at radius 3 is 2.21 bits per heavy atom. The van der Waals surface area contributed by atoms with Crippen LogP contribution < -0.4 is 5.32 Å². The van der Waals surface area contributed by atoms with Crippen LogP contribution in [-0.4, -0.2) is 59.9 Å². The molecule has 5 rings (SSSR count). The summed E-state index contributed by atoms with van der Waals surface area (Å²) < 4.78 is 11.6. The number of hydrogen-bond donors (Lipinski definition) is 2. The monoisotopic (exact) mass is 528 g/mol. The van der Waals surface area contributed by atoms with Gasteiger partial charge in [-0.25, -0.2) is 4.79 Å². The van der Waals surface area contributed by atoms with Crippen LogP contribution in [0.1, 0.15) is 41.9 Å². The van der Waals surface area contributed by atoms with Crippen molar-refractivity contribution < 1.29 is 29.0 Å². The van der Waals surface area contributed by atoms with E-state index in [1.807, 2.05) is 54.6 Å². The van der Waals surface area contributed by atoms with Gasteiger partial charge in [0.25, 0.3) is 5.91 Å². The van der Waals surface area contributed by atoms with E-state index in [2.05, 4.69) is 29.6 Å². The first-order valence-electron chi connectivity index (χ1n) is 13.3. The number of rotatable bonds is 10. The number of hydrogen-bond acceptors (Lipinski definition) is 5. The maximum atomic E-state index is 13.2. The maximum Gasteiger partial charge on any atom is 0.407 e. The molecule has 8 nitrogen and oxygen atoms in total. The molecule has 39 heavy (non-hydrogen) atoms. The Hall–Kier alpha value is -4.17. The summed E-state index contributed by atoms with van der Waals surface area (Å²) in [5.74, 6) is -1.21. The number of carbonyl (C=O) groups excluding carboxylic acids is 2. The zero-order valence-electron chi connectivity index (χ0n) is 21.6. The molecule has 3 aromatic carbocycles. The number of carboxylic acid groups (broad SMARTS) is 1. The van der Waals surface area contributed by atoms with Crippen LogP contribution in [0.4, 0.5) is 4.79 Å². The molecule has 2 amide bonds. The molecule has 2 aliphatic rings. The van der Waals surface area contributed by atoms with Gasteiger partial charge in [0.2, 0.25) is 0 Å². The Bertz CT molecular complexity index is 1280. The number of benzene rings is 3. The van der Waals surface area contributed by atoms with Crippen LogP contribution >= 0.6 is 0 Å². The summed E-state index contributed by atoms with van der Waals surface area (Å²) in [7, 11) is 0. The van der Waals surface area contributed by atoms with E-state index in [9.17, 15) is 14.4 Å². The minimum Gasteiger partial charge on any atom is -0.481 e. The van der Waals surface area contributed by atoms with Gasteiger partial charge in [0.15, 0.2) is 0 Å². The number of fused-ring (bicyclic) bond motifs is 3. The van der Waals surface area contributed by atoms with E-state index in [0.29, 0.717) is 19.4 Å². The highest BCUT2D eigenvalue weighted by atomic mass is 16.5. The fourth-order valence-electron chi connectivity index (χ4n) is 5.39. The molecule has 1 saturated heterocycles. The molecule has 202 valence electrons. The molecule has 1 aliphatic carbocycles. The highest BCUT2D eigenvalue weighted by molar-refractivity contribution is 5.82. The molecule has 0 radical (unpaired) electrons. The average molecular weight is 529 g/mol. The number of ether oxygens (including phenoxy) is 2. The van der Waals surface area contributed by atoms with Crippen molar-refractivity contribution in [2.45, 2.75) is 43.9 Å². The van der Waals surface area contributed by atoms with Gasteiger partial charge in [-0.05, 0) is 40.7 Å². The Morgan fingerprint density at radius 1 is 0.897 bits per heavy atom. The summed E-state index contributed by atoms with van der Waals surface area (Å²) in [4.78, 5) is 38.4. The van der Waals surface area contributed by atoms with Crippen molar-refractivity contribution in [1.29, 1.82) is 0 Å². The summed E-state index contributed by atoms with van der Waals surface area (Å²) in [6.45, 7) is 0.875. The quantitative estimate of drug-likeness (QED) is 0.399. The van der Waals surface area contributed by atoms with Gasteiger partial charge in [0.05, 0.1) is 12.5 Å². The van der Waals surface area contributed by atoms with E-state index >= 15 is 0 Å². The van der Waals surface area contributed by atoms with Gasteiger partial charge in [-0.2, -0.15) is 0 Å². The zero-order valence-corrected chi connectivity index (χ0v) is 21.6. The number of alkyl carbamates (subject to hydrolysis) is 1. The standard InChI is InChI=1S/C31H32N2O6/c34-29(35)16-17-33(19-21-8-2-1-3-9-21)30(36)28-15-14-22(39-28)18-32-31(37)38-20-27-25-12-6-4-10-23(25)24-11-5-7-13-26(24)27/h1-13,22,27-28H,14-20H2,(H,32,37)(H,34,35). The first-order chi connectivity index (χ1) is 19.0. The molecule has 2 N–H and O–H groups in total. The molecule has 1 aliphatic heterocycles. The van der Waals surface area contributed by atoms with Crippen molar-refractivity contribution in [1.82, 2.24) is 10.2 Å². The van der Waals surface area contributed by atoms with Crippen LogP contribution in [-0.2, 0) is 25.6 Å². The molecule has 2 unspecified atom stereocenters. The normalized spacial score (nSPS) is 17.7. The first kappa shape index (κ1) is 26.4. The third-order valence-corrected chi connectivity index (χ3v) is 7.32. The number of carbonyl (C=O) groups is 3. The van der Waals surface area contributed by atoms with Crippen LogP contribution in [0.25, 0.3) is 11.1 Å². The van der Waals surface area contributed by atoms with Gasteiger partial charge in [0, 0.05) is 25.6 Å². The summed E-state index contributed by atoms with van der Waals surface area (Å²) >= 11 is 0. The highest BCUT2D eigenvalue weighted by Crippen LogP contribution is 2.44. The van der Waals surface area contributed by atoms with Gasteiger partial charge in [-0.3, -0.25) is 9.59 Å². The second-order valence-corrected chi connectivity index (χ2v) is 9.92. The Balaban J connectivity index is 1.11. The third kappa shape index (κ3) is 6.29. The summed E-state index contributed by atoms with van der Waals surface area (Å²) in [6.07, 6.45) is -0.540. The largest absolute Gasteiger partial charge is 0.481 e. The van der Waals surface area contributed by atoms with Gasteiger partial charge >= 0.3 is 12.1 Å². The average Bonchev–Trinajstić information content (AvgIpc) is 3.56. The van der Waals surface area contributed by atoms with Gasteiger partial charge in [0.1, 0.15) is 12.7 Å². The molecule has 0 saturated carbocycles. The molecule has 8 heteroatoms. The van der Waals surface area contributed by atoms with Crippen molar-refractivity contribution >= 4 is 18.0 Å². The highest BCUT2D eigenvalue weighted by Gasteiger charge is 2.34. The lowest BCUT2D eigenvalue weighted by atomic mass is 9.98. The number of aliphatic carboxylic acids is 1. The smallest absolute Gasteiger partial charge is 0.407 e. The summed E-state index contributed by atoms with van der Waals surface area (Å²) in [5.41, 5.74) is 5.55. The van der Waals surface area contributed by atoms with Crippen LogP contribution in [0, 0.1) is 0 Å². The molecule has 0 aromatic heterocycles. The van der Waals surface area contributed by atoms with Crippen LogP contribution in [0.2, 0.25) is 0 Å². The molecule has 1 heterocycles. The van der Waals surface area contributed by atoms with Crippen molar-refractivity contribution in [3.8, 4) is 11.1 Å². The topological polar surface area (TPSA) is 105 Å². The molecule has 2 atom stereocenters. The minimum atomic E-state index is -0.960. The number of nitrogens with one attached hydrogen (secondary N) is 1. The summed E-state index contributed by atoms with van der Waals surface area (Å²) in [6, 6.07) is 25.8. The molecular weight excluding hydrogens is 496 g/mol. The Morgan fingerprint density at radius 2 is 1.54 bits per heavy atom.